The fourth-order valence-electron chi connectivity index (χ4n) is 1.79. The Bertz CT molecular complexity index is 390. The van der Waals surface area contributed by atoms with Crippen LogP contribution in [0.5, 0.6) is 0 Å². The van der Waals surface area contributed by atoms with E-state index < -0.39 is 0 Å². The van der Waals surface area contributed by atoms with Crippen LogP contribution in [0.1, 0.15) is 17.5 Å². The number of anilines is 1. The van der Waals surface area contributed by atoms with Gasteiger partial charge < -0.3 is 16.0 Å². The summed E-state index contributed by atoms with van der Waals surface area (Å²) in [6.07, 6.45) is 0.505. The first-order valence-corrected chi connectivity index (χ1v) is 5.79. The minimum absolute atomic E-state index is 0.0630. The van der Waals surface area contributed by atoms with E-state index in [0.717, 1.165) is 11.3 Å². The van der Waals surface area contributed by atoms with Crippen LogP contribution in [-0.2, 0) is 11.3 Å². The van der Waals surface area contributed by atoms with Crippen LogP contribution in [0.25, 0.3) is 0 Å². The Labute approximate surface area is 103 Å². The van der Waals surface area contributed by atoms with Crippen molar-refractivity contribution >= 4 is 11.6 Å². The molecule has 0 spiro atoms. The molecule has 1 aromatic rings. The molecular weight excluding hydrogens is 214 g/mol. The molecule has 0 aliphatic carbocycles. The Morgan fingerprint density at radius 3 is 2.71 bits per heavy atom. The van der Waals surface area contributed by atoms with Crippen molar-refractivity contribution in [2.45, 2.75) is 19.9 Å². The third-order valence-electron chi connectivity index (χ3n) is 2.86. The topological polar surface area (TPSA) is 58.4 Å². The molecule has 3 N–H and O–H groups in total. The third-order valence-corrected chi connectivity index (χ3v) is 2.86. The van der Waals surface area contributed by atoms with Gasteiger partial charge in [-0.25, -0.2) is 0 Å². The van der Waals surface area contributed by atoms with Crippen molar-refractivity contribution in [2.24, 2.45) is 5.73 Å². The van der Waals surface area contributed by atoms with Crippen molar-refractivity contribution in [3.05, 3.63) is 29.3 Å². The van der Waals surface area contributed by atoms with Crippen LogP contribution in [0.3, 0.4) is 0 Å². The van der Waals surface area contributed by atoms with E-state index in [1.54, 1.807) is 7.05 Å². The molecule has 0 saturated heterocycles. The lowest BCUT2D eigenvalue weighted by Crippen LogP contribution is -2.26. The molecule has 94 valence electrons. The van der Waals surface area contributed by atoms with Gasteiger partial charge in [-0.15, -0.1) is 0 Å². The Morgan fingerprint density at radius 1 is 1.47 bits per heavy atom. The van der Waals surface area contributed by atoms with Crippen LogP contribution in [0.2, 0.25) is 0 Å². The van der Waals surface area contributed by atoms with Gasteiger partial charge in [0.15, 0.2) is 0 Å². The van der Waals surface area contributed by atoms with Gasteiger partial charge in [-0.2, -0.15) is 0 Å². The average molecular weight is 235 g/mol. The fourth-order valence-corrected chi connectivity index (χ4v) is 1.79. The first-order valence-electron chi connectivity index (χ1n) is 5.79. The highest BCUT2D eigenvalue weighted by Gasteiger charge is 2.07. The predicted octanol–water partition coefficient (Wildman–Crippen LogP) is 1.03. The lowest BCUT2D eigenvalue weighted by Gasteiger charge is -2.21. The van der Waals surface area contributed by atoms with Crippen molar-refractivity contribution in [1.82, 2.24) is 5.32 Å². The van der Waals surface area contributed by atoms with Gasteiger partial charge in [-0.05, 0) is 24.1 Å². The summed E-state index contributed by atoms with van der Waals surface area (Å²) < 4.78 is 0. The van der Waals surface area contributed by atoms with Crippen molar-refractivity contribution in [3.63, 3.8) is 0 Å². The largest absolute Gasteiger partial charge is 0.374 e. The van der Waals surface area contributed by atoms with Crippen LogP contribution < -0.4 is 16.0 Å². The summed E-state index contributed by atoms with van der Waals surface area (Å²) in [6.45, 7) is 3.33. The quantitative estimate of drug-likeness (QED) is 0.801. The first-order chi connectivity index (χ1) is 8.08. The molecule has 0 unspecified atom stereocenters. The van der Waals surface area contributed by atoms with E-state index in [-0.39, 0.29) is 5.91 Å². The molecular formula is C13H21N3O. The Hall–Kier alpha value is -1.55. The van der Waals surface area contributed by atoms with Gasteiger partial charge in [-0.3, -0.25) is 4.79 Å². The number of carbonyl (C=O) groups is 1. The van der Waals surface area contributed by atoms with Gasteiger partial charge in [0, 0.05) is 39.3 Å². The molecule has 4 nitrogen and oxygen atoms in total. The molecule has 17 heavy (non-hydrogen) atoms. The second-order valence-electron chi connectivity index (χ2n) is 4.17. The number of hydrogen-bond donors (Lipinski definition) is 2. The van der Waals surface area contributed by atoms with Gasteiger partial charge in [0.05, 0.1) is 0 Å². The zero-order valence-electron chi connectivity index (χ0n) is 10.8. The molecule has 0 aliphatic heterocycles. The summed E-state index contributed by atoms with van der Waals surface area (Å²) in [7, 11) is 3.65. The molecule has 4 heteroatoms. The minimum Gasteiger partial charge on any atom is -0.374 e. The number of amides is 1. The van der Waals surface area contributed by atoms with Crippen molar-refractivity contribution in [2.75, 3.05) is 25.5 Å². The molecule has 0 aliphatic rings. The minimum atomic E-state index is 0.0630. The normalized spacial score (nSPS) is 10.1. The number of aryl methyl sites for hydroxylation is 1. The Balaban J connectivity index is 2.68. The summed E-state index contributed by atoms with van der Waals surface area (Å²) >= 11 is 0. The van der Waals surface area contributed by atoms with Gasteiger partial charge in [-0.1, -0.05) is 12.1 Å². The lowest BCUT2D eigenvalue weighted by atomic mass is 10.1. The maximum Gasteiger partial charge on any atom is 0.221 e. The Morgan fingerprint density at radius 2 is 2.18 bits per heavy atom. The third kappa shape index (κ3) is 3.75. The molecule has 0 fully saturated rings. The molecule has 1 aromatic carbocycles. The maximum atomic E-state index is 11.2. The molecule has 1 rings (SSSR count). The van der Waals surface area contributed by atoms with E-state index in [1.165, 1.54) is 5.56 Å². The standard InChI is InChI=1S/C13H21N3O/c1-10-8-11(9-14)4-5-12(10)16(3)7-6-13(17)15-2/h4-5,8H,6-7,9,14H2,1-3H3,(H,15,17). The van der Waals surface area contributed by atoms with Crippen LogP contribution in [0.15, 0.2) is 18.2 Å². The second kappa shape index (κ2) is 6.25. The van der Waals surface area contributed by atoms with Crippen LogP contribution in [0.4, 0.5) is 5.69 Å². The molecule has 0 saturated carbocycles. The van der Waals surface area contributed by atoms with Gasteiger partial charge in [0.25, 0.3) is 0 Å². The highest BCUT2D eigenvalue weighted by Crippen LogP contribution is 2.20. The van der Waals surface area contributed by atoms with Gasteiger partial charge >= 0.3 is 0 Å². The van der Waals surface area contributed by atoms with E-state index in [4.69, 9.17) is 5.73 Å². The molecule has 0 aromatic heterocycles. The maximum absolute atomic E-state index is 11.2. The SMILES string of the molecule is CNC(=O)CCN(C)c1ccc(CN)cc1C. The van der Waals surface area contributed by atoms with E-state index in [9.17, 15) is 4.79 Å². The van der Waals surface area contributed by atoms with E-state index >= 15 is 0 Å². The zero-order chi connectivity index (χ0) is 12.8. The van der Waals surface area contributed by atoms with Crippen LogP contribution >= 0.6 is 0 Å². The number of benzene rings is 1. The highest BCUT2D eigenvalue weighted by atomic mass is 16.1. The predicted molar refractivity (Wildman–Crippen MR) is 71.0 cm³/mol. The number of nitrogens with one attached hydrogen (secondary N) is 1. The molecule has 1 amide bonds. The van der Waals surface area contributed by atoms with Crippen LogP contribution in [0, 0.1) is 6.92 Å². The molecule has 0 atom stereocenters. The summed E-state index contributed by atoms with van der Waals surface area (Å²) in [5, 5.41) is 2.62. The van der Waals surface area contributed by atoms with Gasteiger partial charge in [0.1, 0.15) is 0 Å². The first kappa shape index (κ1) is 13.5. The highest BCUT2D eigenvalue weighted by molar-refractivity contribution is 5.76. The fraction of sp³-hybridized carbons (Fsp3) is 0.462. The number of hydrogen-bond acceptors (Lipinski definition) is 3. The van der Waals surface area contributed by atoms with Crippen molar-refractivity contribution < 1.29 is 4.79 Å². The zero-order valence-corrected chi connectivity index (χ0v) is 10.8. The number of carbonyl (C=O) groups excluding carboxylic acids is 1. The monoisotopic (exact) mass is 235 g/mol. The number of nitrogens with zero attached hydrogens (tertiary/aromatic N) is 1. The van der Waals surface area contributed by atoms with Crippen molar-refractivity contribution in [1.29, 1.82) is 0 Å². The summed E-state index contributed by atoms with van der Waals surface area (Å²) in [5.41, 5.74) is 9.06. The molecule has 0 heterocycles. The van der Waals surface area contributed by atoms with E-state index in [0.29, 0.717) is 19.5 Å². The van der Waals surface area contributed by atoms with E-state index in [1.807, 2.05) is 13.1 Å². The average Bonchev–Trinajstić information content (AvgIpc) is 2.35. The van der Waals surface area contributed by atoms with Crippen molar-refractivity contribution in [3.8, 4) is 0 Å². The summed E-state index contributed by atoms with van der Waals surface area (Å²) in [4.78, 5) is 13.3. The smallest absolute Gasteiger partial charge is 0.221 e. The second-order valence-corrected chi connectivity index (χ2v) is 4.17. The number of rotatable bonds is 5. The molecule has 0 bridgehead atoms. The summed E-state index contributed by atoms with van der Waals surface area (Å²) in [6, 6.07) is 6.17. The Kier molecular flexibility index (Phi) is 4.97. The molecule has 0 radical (unpaired) electrons. The van der Waals surface area contributed by atoms with E-state index in [2.05, 4.69) is 29.3 Å². The lowest BCUT2D eigenvalue weighted by molar-refractivity contribution is -0.120. The van der Waals surface area contributed by atoms with Crippen LogP contribution in [-0.4, -0.2) is 26.5 Å². The van der Waals surface area contributed by atoms with Gasteiger partial charge in [0.2, 0.25) is 5.91 Å². The summed E-state index contributed by atoms with van der Waals surface area (Å²) in [5.74, 6) is 0.0630. The number of nitrogens with two attached hydrogens (primary N) is 1.